The fourth-order valence-corrected chi connectivity index (χ4v) is 2.78. The summed E-state index contributed by atoms with van der Waals surface area (Å²) in [5, 5.41) is 9.32. The Bertz CT molecular complexity index is 787. The van der Waals surface area contributed by atoms with Crippen molar-refractivity contribution in [3.05, 3.63) is 33.9 Å². The first-order valence-electron chi connectivity index (χ1n) is 7.26. The third kappa shape index (κ3) is 3.87. The second-order valence-electron chi connectivity index (χ2n) is 4.78. The number of rotatable bonds is 4. The highest BCUT2D eigenvalue weighted by atomic mass is 32.1. The van der Waals surface area contributed by atoms with Crippen LogP contribution >= 0.6 is 11.3 Å². The molecule has 0 radical (unpaired) electrons. The molecule has 0 amide bonds. The molecule has 2 aromatic rings. The number of hydrogen-bond donors (Lipinski definition) is 1. The van der Waals surface area contributed by atoms with Crippen molar-refractivity contribution >= 4 is 28.9 Å². The highest BCUT2D eigenvalue weighted by Gasteiger charge is 2.19. The molecule has 7 heteroatoms. The minimum atomic E-state index is -0.403. The van der Waals surface area contributed by atoms with E-state index in [1.807, 2.05) is 0 Å². The minimum absolute atomic E-state index is 0.140. The summed E-state index contributed by atoms with van der Waals surface area (Å²) in [5.41, 5.74) is 0.593. The number of thiazole rings is 1. The fourth-order valence-electron chi connectivity index (χ4n) is 1.86. The van der Waals surface area contributed by atoms with Gasteiger partial charge < -0.3 is 9.84 Å². The number of nitrogens with zero attached hydrogens (tertiary/aromatic N) is 2. The average molecular weight is 334 g/mol. The molecule has 122 valence electrons. The lowest BCUT2D eigenvalue weighted by molar-refractivity contribution is -0.134. The van der Waals surface area contributed by atoms with Gasteiger partial charge in [0.1, 0.15) is 5.75 Å². The number of esters is 1. The van der Waals surface area contributed by atoms with E-state index in [1.165, 1.54) is 28.0 Å². The van der Waals surface area contributed by atoms with Crippen LogP contribution in [-0.2, 0) is 4.79 Å². The number of carbonyl (C=O) groups excluding carboxylic acids is 2. The molecule has 0 spiro atoms. The first kappa shape index (κ1) is 17.0. The van der Waals surface area contributed by atoms with Gasteiger partial charge in [0.2, 0.25) is 11.8 Å². The summed E-state index contributed by atoms with van der Waals surface area (Å²) in [5.74, 6) is -0.238. The van der Waals surface area contributed by atoms with Gasteiger partial charge in [0.05, 0.1) is 10.6 Å². The number of phenolic OH excluding ortho intramolecular Hbond substituents is 1. The van der Waals surface area contributed by atoms with Crippen LogP contribution in [0.2, 0.25) is 0 Å². The molecular weight excluding hydrogens is 316 g/mol. The zero-order chi connectivity index (χ0) is 17.0. The van der Waals surface area contributed by atoms with E-state index in [0.29, 0.717) is 15.4 Å². The standard InChI is InChI=1S/C16H18N2O4S/c1-4-13(20)18-15(22-14(21)5-2)10(3)23-16(18)17-11-6-8-12(19)9-7-11/h6-9,19H,4-5H2,1-3H3. The Morgan fingerprint density at radius 3 is 2.43 bits per heavy atom. The first-order chi connectivity index (χ1) is 11.0. The van der Waals surface area contributed by atoms with Gasteiger partial charge in [0.25, 0.3) is 0 Å². The highest BCUT2D eigenvalue weighted by Crippen LogP contribution is 2.23. The summed E-state index contributed by atoms with van der Waals surface area (Å²) in [6, 6.07) is 6.32. The molecule has 0 aliphatic carbocycles. The van der Waals surface area contributed by atoms with E-state index in [0.717, 1.165) is 0 Å². The lowest BCUT2D eigenvalue weighted by Crippen LogP contribution is -2.24. The maximum atomic E-state index is 12.3. The SMILES string of the molecule is CCC(=O)Oc1c(C)sc(=Nc2ccc(O)cc2)n1C(=O)CC. The monoisotopic (exact) mass is 334 g/mol. The van der Waals surface area contributed by atoms with Gasteiger partial charge >= 0.3 is 5.97 Å². The van der Waals surface area contributed by atoms with Gasteiger partial charge in [0, 0.05) is 12.8 Å². The summed E-state index contributed by atoms with van der Waals surface area (Å²) in [6.07, 6.45) is 0.482. The normalized spacial score (nSPS) is 11.5. The van der Waals surface area contributed by atoms with Crippen LogP contribution in [0.3, 0.4) is 0 Å². The molecule has 0 unspecified atom stereocenters. The van der Waals surface area contributed by atoms with Crippen molar-refractivity contribution in [2.24, 2.45) is 4.99 Å². The number of aromatic hydroxyl groups is 1. The molecule has 0 saturated heterocycles. The smallest absolute Gasteiger partial charge is 0.312 e. The molecule has 0 aliphatic rings. The number of aromatic nitrogens is 1. The predicted molar refractivity (Wildman–Crippen MR) is 87.2 cm³/mol. The quantitative estimate of drug-likeness (QED) is 0.871. The zero-order valence-corrected chi connectivity index (χ0v) is 14.0. The van der Waals surface area contributed by atoms with Crippen LogP contribution in [-0.4, -0.2) is 21.6 Å². The number of phenols is 1. The molecule has 2 rings (SSSR count). The first-order valence-corrected chi connectivity index (χ1v) is 8.08. The summed E-state index contributed by atoms with van der Waals surface area (Å²) in [4.78, 5) is 29.4. The number of hydrogen-bond acceptors (Lipinski definition) is 6. The third-order valence-electron chi connectivity index (χ3n) is 3.07. The van der Waals surface area contributed by atoms with Crippen molar-refractivity contribution in [2.45, 2.75) is 33.6 Å². The number of aryl methyl sites for hydroxylation is 1. The molecule has 1 aromatic heterocycles. The van der Waals surface area contributed by atoms with Crippen molar-refractivity contribution in [3.63, 3.8) is 0 Å². The Balaban J connectivity index is 2.59. The van der Waals surface area contributed by atoms with E-state index >= 15 is 0 Å². The predicted octanol–water partition coefficient (Wildman–Crippen LogP) is 3.16. The molecule has 0 fully saturated rings. The van der Waals surface area contributed by atoms with Crippen molar-refractivity contribution in [1.82, 2.24) is 4.57 Å². The fraction of sp³-hybridized carbons (Fsp3) is 0.312. The average Bonchev–Trinajstić information content (AvgIpc) is 2.84. The number of benzene rings is 1. The molecule has 1 aromatic carbocycles. The second kappa shape index (κ2) is 7.23. The van der Waals surface area contributed by atoms with Gasteiger partial charge in [-0.05, 0) is 31.2 Å². The van der Waals surface area contributed by atoms with E-state index in [1.54, 1.807) is 32.9 Å². The van der Waals surface area contributed by atoms with Crippen LogP contribution in [0.25, 0.3) is 0 Å². The Hall–Kier alpha value is -2.41. The second-order valence-corrected chi connectivity index (χ2v) is 5.97. The molecular formula is C16H18N2O4S. The topological polar surface area (TPSA) is 80.9 Å². The molecule has 0 aliphatic heterocycles. The van der Waals surface area contributed by atoms with E-state index in [2.05, 4.69) is 4.99 Å². The molecule has 6 nitrogen and oxygen atoms in total. The van der Waals surface area contributed by atoms with Crippen molar-refractivity contribution < 1.29 is 19.4 Å². The maximum absolute atomic E-state index is 12.3. The van der Waals surface area contributed by atoms with Crippen LogP contribution in [0.5, 0.6) is 11.6 Å². The summed E-state index contributed by atoms with van der Waals surface area (Å²) in [7, 11) is 0. The summed E-state index contributed by atoms with van der Waals surface area (Å²) < 4.78 is 6.63. The van der Waals surface area contributed by atoms with Gasteiger partial charge in [-0.25, -0.2) is 9.56 Å². The highest BCUT2D eigenvalue weighted by molar-refractivity contribution is 7.09. The van der Waals surface area contributed by atoms with Crippen LogP contribution in [0, 0.1) is 6.92 Å². The molecule has 0 saturated carbocycles. The summed E-state index contributed by atoms with van der Waals surface area (Å²) >= 11 is 1.27. The lowest BCUT2D eigenvalue weighted by atomic mass is 10.3. The van der Waals surface area contributed by atoms with Gasteiger partial charge in [-0.3, -0.25) is 9.59 Å². The van der Waals surface area contributed by atoms with Crippen molar-refractivity contribution in [3.8, 4) is 11.6 Å². The van der Waals surface area contributed by atoms with Crippen molar-refractivity contribution in [2.75, 3.05) is 0 Å². The Kier molecular flexibility index (Phi) is 5.33. The molecule has 0 atom stereocenters. The van der Waals surface area contributed by atoms with E-state index in [4.69, 9.17) is 4.74 Å². The van der Waals surface area contributed by atoms with Crippen LogP contribution in [0.4, 0.5) is 5.69 Å². The molecule has 0 bridgehead atoms. The minimum Gasteiger partial charge on any atom is -0.508 e. The zero-order valence-electron chi connectivity index (χ0n) is 13.2. The Morgan fingerprint density at radius 1 is 1.22 bits per heavy atom. The van der Waals surface area contributed by atoms with Crippen molar-refractivity contribution in [1.29, 1.82) is 0 Å². The Labute approximate surface area is 137 Å². The largest absolute Gasteiger partial charge is 0.508 e. The lowest BCUT2D eigenvalue weighted by Gasteiger charge is -2.07. The third-order valence-corrected chi connectivity index (χ3v) is 4.00. The molecule has 1 N–H and O–H groups in total. The van der Waals surface area contributed by atoms with Gasteiger partial charge in [-0.15, -0.1) is 0 Å². The van der Waals surface area contributed by atoms with Gasteiger partial charge in [-0.2, -0.15) is 0 Å². The maximum Gasteiger partial charge on any atom is 0.312 e. The van der Waals surface area contributed by atoms with Crippen LogP contribution in [0.15, 0.2) is 29.3 Å². The Morgan fingerprint density at radius 2 is 1.87 bits per heavy atom. The van der Waals surface area contributed by atoms with Gasteiger partial charge in [0.15, 0.2) is 4.80 Å². The van der Waals surface area contributed by atoms with Crippen LogP contribution in [0.1, 0.15) is 36.4 Å². The molecule has 1 heterocycles. The summed E-state index contributed by atoms with van der Waals surface area (Å²) in [6.45, 7) is 5.20. The number of carbonyl (C=O) groups is 2. The van der Waals surface area contributed by atoms with E-state index in [9.17, 15) is 14.7 Å². The number of ether oxygens (including phenoxy) is 1. The van der Waals surface area contributed by atoms with Gasteiger partial charge in [-0.1, -0.05) is 25.2 Å². The molecule has 23 heavy (non-hydrogen) atoms. The van der Waals surface area contributed by atoms with Crippen LogP contribution < -0.4 is 9.54 Å². The van der Waals surface area contributed by atoms with E-state index in [-0.39, 0.29) is 30.4 Å². The van der Waals surface area contributed by atoms with E-state index < -0.39 is 5.97 Å².